The number of rotatable bonds is 3. The summed E-state index contributed by atoms with van der Waals surface area (Å²) in [5.74, 6) is 0. The lowest BCUT2D eigenvalue weighted by Crippen LogP contribution is -2.48. The van der Waals surface area contributed by atoms with Gasteiger partial charge in [0.15, 0.2) is 0 Å². The number of piperidine rings is 1. The van der Waals surface area contributed by atoms with Crippen LogP contribution in [0.25, 0.3) is 0 Å². The lowest BCUT2D eigenvalue weighted by molar-refractivity contribution is 0.247. The van der Waals surface area contributed by atoms with Gasteiger partial charge in [0.05, 0.1) is 6.26 Å². The van der Waals surface area contributed by atoms with E-state index >= 15 is 0 Å². The normalized spacial score (nSPS) is 32.0. The molecule has 6 heteroatoms. The van der Waals surface area contributed by atoms with Crippen molar-refractivity contribution in [3.8, 4) is 0 Å². The van der Waals surface area contributed by atoms with Crippen molar-refractivity contribution in [2.75, 3.05) is 7.05 Å². The van der Waals surface area contributed by atoms with E-state index < -0.39 is 10.0 Å². The third kappa shape index (κ3) is 1.98. The van der Waals surface area contributed by atoms with E-state index in [0.29, 0.717) is 12.1 Å². The lowest BCUT2D eigenvalue weighted by atomic mass is 10.0. The minimum atomic E-state index is -3.48. The van der Waals surface area contributed by atoms with Gasteiger partial charge in [0, 0.05) is 25.2 Å². The minimum absolute atomic E-state index is 0.0379. The van der Waals surface area contributed by atoms with Crippen molar-refractivity contribution < 1.29 is 12.8 Å². The number of nitrogens with zero attached hydrogens (tertiary/aromatic N) is 1. The third-order valence-corrected chi connectivity index (χ3v) is 5.89. The van der Waals surface area contributed by atoms with Crippen LogP contribution in [0.3, 0.4) is 0 Å². The van der Waals surface area contributed by atoms with Crippen LogP contribution in [0.5, 0.6) is 0 Å². The summed E-state index contributed by atoms with van der Waals surface area (Å²) in [5, 5.41) is 3.55. The Balaban J connectivity index is 1.80. The van der Waals surface area contributed by atoms with Crippen LogP contribution in [0.15, 0.2) is 27.9 Å². The maximum Gasteiger partial charge on any atom is 0.276 e. The van der Waals surface area contributed by atoms with Crippen LogP contribution in [0.1, 0.15) is 25.7 Å². The van der Waals surface area contributed by atoms with Crippen molar-refractivity contribution >= 4 is 10.0 Å². The Bertz CT molecular complexity index is 499. The van der Waals surface area contributed by atoms with Crippen molar-refractivity contribution in [3.05, 3.63) is 18.4 Å². The summed E-state index contributed by atoms with van der Waals surface area (Å²) >= 11 is 0. The van der Waals surface area contributed by atoms with Crippen LogP contribution in [0, 0.1) is 0 Å². The molecule has 2 saturated heterocycles. The Morgan fingerprint density at radius 1 is 1.33 bits per heavy atom. The van der Waals surface area contributed by atoms with Gasteiger partial charge in [-0.25, -0.2) is 8.42 Å². The molecule has 1 aromatic rings. The first kappa shape index (κ1) is 12.2. The van der Waals surface area contributed by atoms with E-state index in [1.807, 2.05) is 0 Å². The molecular formula is C12H18N2O3S. The number of hydrogen-bond acceptors (Lipinski definition) is 4. The number of fused-ring (bicyclic) bond motifs is 2. The Morgan fingerprint density at radius 2 is 2.00 bits per heavy atom. The second kappa shape index (κ2) is 4.36. The maximum atomic E-state index is 12.3. The summed E-state index contributed by atoms with van der Waals surface area (Å²) in [5.41, 5.74) is 0. The van der Waals surface area contributed by atoms with E-state index in [9.17, 15) is 8.42 Å². The first-order valence-electron chi connectivity index (χ1n) is 6.35. The van der Waals surface area contributed by atoms with Gasteiger partial charge in [0.25, 0.3) is 10.0 Å². The first-order valence-corrected chi connectivity index (χ1v) is 7.79. The standard InChI is InChI=1S/C12H18N2O3S/c1-14(18(15,16)12-3-2-6-17-12)11-7-9-4-5-10(8-11)13-9/h2-3,6,9-11,13H,4-5,7-8H2,1H3. The molecule has 0 aliphatic carbocycles. The predicted molar refractivity (Wildman–Crippen MR) is 66.6 cm³/mol. The molecule has 2 fully saturated rings. The van der Waals surface area contributed by atoms with E-state index in [1.54, 1.807) is 13.1 Å². The Labute approximate surface area is 107 Å². The van der Waals surface area contributed by atoms with Gasteiger partial charge in [0.1, 0.15) is 0 Å². The van der Waals surface area contributed by atoms with Gasteiger partial charge in [-0.05, 0) is 37.8 Å². The molecule has 2 aliphatic rings. The van der Waals surface area contributed by atoms with Crippen molar-refractivity contribution in [1.29, 1.82) is 0 Å². The summed E-state index contributed by atoms with van der Waals surface area (Å²) in [6.45, 7) is 0. The third-order valence-electron chi connectivity index (χ3n) is 4.09. The highest BCUT2D eigenvalue weighted by atomic mass is 32.2. The predicted octanol–water partition coefficient (Wildman–Crippen LogP) is 1.18. The zero-order valence-electron chi connectivity index (χ0n) is 10.4. The van der Waals surface area contributed by atoms with Crippen LogP contribution in [0.4, 0.5) is 0 Å². The SMILES string of the molecule is CN(C1CC2CCC(C1)N2)S(=O)(=O)c1ccco1. The Hall–Kier alpha value is -0.850. The van der Waals surface area contributed by atoms with Crippen molar-refractivity contribution in [2.24, 2.45) is 0 Å². The number of furan rings is 1. The minimum Gasteiger partial charge on any atom is -0.452 e. The summed E-state index contributed by atoms with van der Waals surface area (Å²) in [6, 6.07) is 4.14. The van der Waals surface area contributed by atoms with Gasteiger partial charge in [-0.1, -0.05) is 0 Å². The molecule has 2 bridgehead atoms. The number of sulfonamides is 1. The fourth-order valence-electron chi connectivity index (χ4n) is 3.07. The molecule has 0 amide bonds. The smallest absolute Gasteiger partial charge is 0.276 e. The molecular weight excluding hydrogens is 252 g/mol. The monoisotopic (exact) mass is 270 g/mol. The van der Waals surface area contributed by atoms with Gasteiger partial charge >= 0.3 is 0 Å². The molecule has 0 saturated carbocycles. The van der Waals surface area contributed by atoms with E-state index in [-0.39, 0.29) is 11.1 Å². The fourth-order valence-corrected chi connectivity index (χ4v) is 4.35. The van der Waals surface area contributed by atoms with Crippen LogP contribution >= 0.6 is 0 Å². The lowest BCUT2D eigenvalue weighted by Gasteiger charge is -2.34. The zero-order chi connectivity index (χ0) is 12.8. The molecule has 3 heterocycles. The topological polar surface area (TPSA) is 62.6 Å². The van der Waals surface area contributed by atoms with Gasteiger partial charge < -0.3 is 9.73 Å². The summed E-state index contributed by atoms with van der Waals surface area (Å²) in [6.07, 6.45) is 5.51. The molecule has 1 N–H and O–H groups in total. The van der Waals surface area contributed by atoms with Gasteiger partial charge in [-0.3, -0.25) is 0 Å². The van der Waals surface area contributed by atoms with E-state index in [4.69, 9.17) is 4.42 Å². The van der Waals surface area contributed by atoms with Crippen LogP contribution in [0.2, 0.25) is 0 Å². The molecule has 2 atom stereocenters. The Kier molecular flexibility index (Phi) is 2.96. The maximum absolute atomic E-state index is 12.3. The number of hydrogen-bond donors (Lipinski definition) is 1. The summed E-state index contributed by atoms with van der Waals surface area (Å²) in [4.78, 5) is 0. The van der Waals surface area contributed by atoms with E-state index in [0.717, 1.165) is 25.7 Å². The summed E-state index contributed by atoms with van der Waals surface area (Å²) in [7, 11) is -1.82. The molecule has 2 unspecified atom stereocenters. The molecule has 5 nitrogen and oxygen atoms in total. The highest BCUT2D eigenvalue weighted by Gasteiger charge is 2.39. The molecule has 0 aromatic carbocycles. The number of nitrogens with one attached hydrogen (secondary N) is 1. The molecule has 0 spiro atoms. The molecule has 100 valence electrons. The average Bonchev–Trinajstić information content (AvgIpc) is 2.98. The van der Waals surface area contributed by atoms with Crippen molar-refractivity contribution in [2.45, 2.75) is 48.9 Å². The first-order chi connectivity index (χ1) is 8.57. The van der Waals surface area contributed by atoms with Gasteiger partial charge in [-0.2, -0.15) is 4.31 Å². The Morgan fingerprint density at radius 3 is 2.56 bits per heavy atom. The molecule has 1 aromatic heterocycles. The van der Waals surface area contributed by atoms with E-state index in [1.165, 1.54) is 16.6 Å². The zero-order valence-corrected chi connectivity index (χ0v) is 11.2. The molecule has 3 rings (SSSR count). The van der Waals surface area contributed by atoms with Crippen molar-refractivity contribution in [1.82, 2.24) is 9.62 Å². The molecule has 2 aliphatic heterocycles. The van der Waals surface area contributed by atoms with Crippen LogP contribution in [-0.4, -0.2) is 37.9 Å². The summed E-state index contributed by atoms with van der Waals surface area (Å²) < 4.78 is 31.2. The van der Waals surface area contributed by atoms with Crippen molar-refractivity contribution in [3.63, 3.8) is 0 Å². The largest absolute Gasteiger partial charge is 0.452 e. The van der Waals surface area contributed by atoms with Crippen LogP contribution in [-0.2, 0) is 10.0 Å². The highest BCUT2D eigenvalue weighted by Crippen LogP contribution is 2.31. The quantitative estimate of drug-likeness (QED) is 0.896. The second-order valence-corrected chi connectivity index (χ2v) is 7.14. The average molecular weight is 270 g/mol. The van der Waals surface area contributed by atoms with Gasteiger partial charge in [-0.15, -0.1) is 0 Å². The fraction of sp³-hybridized carbons (Fsp3) is 0.667. The molecule has 18 heavy (non-hydrogen) atoms. The molecule has 0 radical (unpaired) electrons. The van der Waals surface area contributed by atoms with Crippen LogP contribution < -0.4 is 5.32 Å². The van der Waals surface area contributed by atoms with Gasteiger partial charge in [0.2, 0.25) is 5.09 Å². The highest BCUT2D eigenvalue weighted by molar-refractivity contribution is 7.89. The van der Waals surface area contributed by atoms with E-state index in [2.05, 4.69) is 5.32 Å². The second-order valence-electron chi connectivity index (χ2n) is 5.22.